The fourth-order valence-electron chi connectivity index (χ4n) is 10.7. The number of rotatable bonds is 23. The van der Waals surface area contributed by atoms with Crippen molar-refractivity contribution in [3.8, 4) is 0 Å². The van der Waals surface area contributed by atoms with Gasteiger partial charge in [-0.1, -0.05) is 6.92 Å². The van der Waals surface area contributed by atoms with Gasteiger partial charge in [0.05, 0.1) is 120 Å². The number of methoxy groups -OCH3 is 1. The molecule has 11 N–H and O–H groups in total. The molecule has 0 aromatic rings. The predicted octanol–water partition coefficient (Wildman–Crippen LogP) is -4.84. The molecule has 5 aliphatic heterocycles. The second kappa shape index (κ2) is 27.8. The molecule has 26 nitrogen and oxygen atoms in total. The van der Waals surface area contributed by atoms with Gasteiger partial charge in [-0.3, -0.25) is 19.2 Å². The van der Waals surface area contributed by atoms with E-state index in [1.807, 2.05) is 0 Å². The van der Waals surface area contributed by atoms with Crippen LogP contribution in [0.1, 0.15) is 54.9 Å². The van der Waals surface area contributed by atoms with Gasteiger partial charge in [0.15, 0.2) is 11.9 Å². The molecule has 5 aliphatic rings. The highest BCUT2D eigenvalue weighted by atomic mass is 16.6. The number of ketones is 1. The zero-order valence-corrected chi connectivity index (χ0v) is 42.6. The second-order valence-corrected chi connectivity index (χ2v) is 19.8. The topological polar surface area (TPSA) is 376 Å². The lowest BCUT2D eigenvalue weighted by Gasteiger charge is -2.47. The first-order valence-corrected chi connectivity index (χ1v) is 24.9. The van der Waals surface area contributed by atoms with Crippen LogP contribution in [0.5, 0.6) is 0 Å². The Kier molecular flexibility index (Phi) is 23.1. The van der Waals surface area contributed by atoms with Crippen LogP contribution in [0.4, 0.5) is 0 Å². The van der Waals surface area contributed by atoms with Crippen LogP contribution in [0.2, 0.25) is 0 Å². The SMILES string of the molecule is CCC1C(CO)OC(COCC2C(C)OC(COCC3C(=O)C(C)OC(COC)C3NC(C)=O)C(NC(C)=O)C2OCC2OC(C(=O)O)C(COCC3OC(C)C(O)C(O)C3NC(C)=O)C(O)C2O)C(O)C1O. The number of aliphatic carboxylic acids is 1. The van der Waals surface area contributed by atoms with Crippen LogP contribution in [0.15, 0.2) is 0 Å². The molecule has 0 radical (unpaired) electrons. The maximum atomic E-state index is 13.5. The van der Waals surface area contributed by atoms with Crippen molar-refractivity contribution >= 4 is 29.5 Å². The van der Waals surface area contributed by atoms with Gasteiger partial charge in [-0.25, -0.2) is 4.79 Å². The third kappa shape index (κ3) is 15.1. The summed E-state index contributed by atoms with van der Waals surface area (Å²) in [7, 11) is 1.46. The Labute approximate surface area is 423 Å². The van der Waals surface area contributed by atoms with Crippen molar-refractivity contribution < 1.29 is 112 Å². The summed E-state index contributed by atoms with van der Waals surface area (Å²) in [5.41, 5.74) is 0. The summed E-state index contributed by atoms with van der Waals surface area (Å²) in [4.78, 5) is 63.4. The van der Waals surface area contributed by atoms with Crippen LogP contribution in [-0.4, -0.2) is 259 Å². The van der Waals surface area contributed by atoms with Gasteiger partial charge >= 0.3 is 5.97 Å². The molecule has 73 heavy (non-hydrogen) atoms. The Bertz CT molecular complexity index is 1800. The van der Waals surface area contributed by atoms with Crippen LogP contribution < -0.4 is 16.0 Å². The maximum Gasteiger partial charge on any atom is 0.333 e. The van der Waals surface area contributed by atoms with Gasteiger partial charge < -0.3 is 104 Å². The summed E-state index contributed by atoms with van der Waals surface area (Å²) in [6.07, 6.45) is -19.9. The Morgan fingerprint density at radius 3 is 1.62 bits per heavy atom. The van der Waals surface area contributed by atoms with E-state index in [1.165, 1.54) is 34.8 Å². The van der Waals surface area contributed by atoms with E-state index in [0.717, 1.165) is 0 Å². The quantitative estimate of drug-likeness (QED) is 0.0457. The first kappa shape index (κ1) is 60.7. The van der Waals surface area contributed by atoms with Crippen LogP contribution >= 0.6 is 0 Å². The molecule has 0 spiro atoms. The molecule has 5 heterocycles. The highest BCUT2D eigenvalue weighted by molar-refractivity contribution is 5.87. The monoisotopic (exact) mass is 1050 g/mol. The van der Waals surface area contributed by atoms with Crippen LogP contribution in [0, 0.1) is 23.7 Å². The molecule has 0 bridgehead atoms. The molecular weight excluding hydrogens is 975 g/mol. The Hall–Kier alpha value is -3.13. The number of hydrogen-bond donors (Lipinski definition) is 11. The summed E-state index contributed by atoms with van der Waals surface area (Å²) < 4.78 is 59.8. The molecule has 5 saturated heterocycles. The summed E-state index contributed by atoms with van der Waals surface area (Å²) in [6, 6.07) is -2.99. The van der Waals surface area contributed by atoms with E-state index in [4.69, 9.17) is 47.4 Å². The number of carboxylic acids is 1. The number of aliphatic hydroxyl groups is 7. The van der Waals surface area contributed by atoms with E-state index in [9.17, 15) is 64.8 Å². The lowest BCUT2D eigenvalue weighted by Crippen LogP contribution is -2.65. The minimum atomic E-state index is -1.78. The van der Waals surface area contributed by atoms with Crippen LogP contribution in [0.25, 0.3) is 0 Å². The van der Waals surface area contributed by atoms with Crippen LogP contribution in [0.3, 0.4) is 0 Å². The lowest BCUT2D eigenvalue weighted by atomic mass is 9.84. The largest absolute Gasteiger partial charge is 0.479 e. The Morgan fingerprint density at radius 1 is 0.534 bits per heavy atom. The van der Waals surface area contributed by atoms with Gasteiger partial charge in [-0.15, -0.1) is 0 Å². The van der Waals surface area contributed by atoms with Crippen molar-refractivity contribution in [2.75, 3.05) is 66.6 Å². The number of carbonyl (C=O) groups is 5. The molecule has 420 valence electrons. The fourth-order valence-corrected chi connectivity index (χ4v) is 10.7. The lowest BCUT2D eigenvalue weighted by molar-refractivity contribution is -0.247. The predicted molar refractivity (Wildman–Crippen MR) is 247 cm³/mol. The number of amides is 3. The molecule has 24 atom stereocenters. The molecule has 0 saturated carbocycles. The van der Waals surface area contributed by atoms with E-state index in [0.29, 0.717) is 6.42 Å². The number of hydrogen-bond acceptors (Lipinski definition) is 22. The molecular formula is C47H79N3O23. The van der Waals surface area contributed by atoms with Crippen molar-refractivity contribution in [1.29, 1.82) is 0 Å². The number of carboxylic acid groups (broad SMARTS) is 1. The van der Waals surface area contributed by atoms with Gasteiger partial charge in [0.1, 0.15) is 61.0 Å². The second-order valence-electron chi connectivity index (χ2n) is 19.8. The maximum absolute atomic E-state index is 13.5. The molecule has 0 aliphatic carbocycles. The fraction of sp³-hybridized carbons (Fsp3) is 0.894. The average Bonchev–Trinajstić information content (AvgIpc) is 3.32. The zero-order chi connectivity index (χ0) is 54.0. The summed E-state index contributed by atoms with van der Waals surface area (Å²) in [6.45, 7) is 7.66. The minimum Gasteiger partial charge on any atom is -0.479 e. The highest BCUT2D eigenvalue weighted by Crippen LogP contribution is 2.35. The zero-order valence-electron chi connectivity index (χ0n) is 42.6. The smallest absolute Gasteiger partial charge is 0.333 e. The Balaban J connectivity index is 1.35. The van der Waals surface area contributed by atoms with Crippen molar-refractivity contribution in [2.45, 2.75) is 177 Å². The van der Waals surface area contributed by atoms with E-state index < -0.39 is 189 Å². The Morgan fingerprint density at radius 2 is 1.04 bits per heavy atom. The molecule has 26 heteroatoms. The highest BCUT2D eigenvalue weighted by Gasteiger charge is 2.52. The summed E-state index contributed by atoms with van der Waals surface area (Å²) in [5, 5.41) is 94.3. The first-order chi connectivity index (χ1) is 34.5. The van der Waals surface area contributed by atoms with Crippen molar-refractivity contribution in [1.82, 2.24) is 16.0 Å². The van der Waals surface area contributed by atoms with Gasteiger partial charge in [-0.2, -0.15) is 0 Å². The first-order valence-electron chi connectivity index (χ1n) is 24.9. The summed E-state index contributed by atoms with van der Waals surface area (Å²) >= 11 is 0. The molecule has 24 unspecified atom stereocenters. The normalized spacial score (nSPS) is 42.2. The van der Waals surface area contributed by atoms with Crippen molar-refractivity contribution in [3.63, 3.8) is 0 Å². The van der Waals surface area contributed by atoms with Gasteiger partial charge in [-0.05, 0) is 27.2 Å². The van der Waals surface area contributed by atoms with Gasteiger partial charge in [0, 0.05) is 45.6 Å². The number of Topliss-reactive ketones (excluding diaryl/α,β-unsaturated/α-hetero) is 1. The number of nitrogens with one attached hydrogen (secondary N) is 3. The number of carbonyl (C=O) groups excluding carboxylic acids is 4. The molecule has 5 fully saturated rings. The van der Waals surface area contributed by atoms with E-state index in [1.54, 1.807) is 20.8 Å². The van der Waals surface area contributed by atoms with E-state index in [-0.39, 0.29) is 45.4 Å². The third-order valence-corrected chi connectivity index (χ3v) is 14.6. The van der Waals surface area contributed by atoms with E-state index in [2.05, 4.69) is 16.0 Å². The standard InChI is InChI=1S/C47H79N3O23/c1-9-25-29(10-51)72-33(42(59)40(25)57)17-65-11-26-19(2)69-32(16-66-12-27-35(48-22(5)52)30(14-64-8)70-20(3)38(27)55)37(50-24(7)54)45(26)68-18-34-43(60)41(58)28(46(73-34)47(62)63)13-67-15-31-36(49-23(6)53)44(61)39(56)21(4)71-31/h19-21,25-37,39-46,51,56-61H,9-18H2,1-8H3,(H,48,52)(H,49,53)(H,50,54)(H,62,63). The average molecular weight is 1050 g/mol. The van der Waals surface area contributed by atoms with Gasteiger partial charge in [0.25, 0.3) is 0 Å². The molecule has 0 aromatic carbocycles. The van der Waals surface area contributed by atoms with Gasteiger partial charge in [0.2, 0.25) is 17.7 Å². The molecule has 5 rings (SSSR count). The number of ether oxygens (including phenoxy) is 10. The summed E-state index contributed by atoms with van der Waals surface area (Å²) in [5.74, 6) is -6.89. The van der Waals surface area contributed by atoms with E-state index >= 15 is 0 Å². The minimum absolute atomic E-state index is 0.0656. The van der Waals surface area contributed by atoms with Crippen molar-refractivity contribution in [2.24, 2.45) is 23.7 Å². The molecule has 0 aromatic heterocycles. The third-order valence-electron chi connectivity index (χ3n) is 14.6. The number of aliphatic hydroxyl groups excluding tert-OH is 7. The van der Waals surface area contributed by atoms with Crippen molar-refractivity contribution in [3.05, 3.63) is 0 Å². The molecule has 3 amide bonds. The van der Waals surface area contributed by atoms with Crippen LogP contribution in [-0.2, 0) is 71.3 Å².